The quantitative estimate of drug-likeness (QED) is 0.728. The van der Waals surface area contributed by atoms with Crippen molar-refractivity contribution in [2.75, 3.05) is 19.8 Å². The summed E-state index contributed by atoms with van der Waals surface area (Å²) in [6, 6.07) is 3.88. The number of carbonyl (C=O) groups is 2. The summed E-state index contributed by atoms with van der Waals surface area (Å²) in [5.74, 6) is -0.892. The lowest BCUT2D eigenvalue weighted by atomic mass is 10.1. The molecule has 1 aliphatic heterocycles. The van der Waals surface area contributed by atoms with E-state index in [0.717, 1.165) is 0 Å². The smallest absolute Gasteiger partial charge is 0.254 e. The lowest BCUT2D eigenvalue weighted by molar-refractivity contribution is -0.127. The third-order valence-electron chi connectivity index (χ3n) is 2.91. The second kappa shape index (κ2) is 5.74. The van der Waals surface area contributed by atoms with E-state index in [1.165, 1.54) is 11.0 Å². The van der Waals surface area contributed by atoms with Gasteiger partial charge in [-0.25, -0.2) is 0 Å². The van der Waals surface area contributed by atoms with Gasteiger partial charge < -0.3 is 20.5 Å². The van der Waals surface area contributed by atoms with Gasteiger partial charge in [-0.3, -0.25) is 9.59 Å². The Hall–Kier alpha value is -1.35. The number of morpholine rings is 1. The van der Waals surface area contributed by atoms with Gasteiger partial charge in [0.2, 0.25) is 5.91 Å². The van der Waals surface area contributed by atoms with Crippen molar-refractivity contribution >= 4 is 34.4 Å². The molecule has 7 heteroatoms. The molecular weight excluding hydrogens is 363 g/mol. The van der Waals surface area contributed by atoms with Crippen molar-refractivity contribution in [2.24, 2.45) is 5.73 Å². The number of nitrogens with two attached hydrogens (primary N) is 1. The minimum atomic E-state index is -0.761. The summed E-state index contributed by atoms with van der Waals surface area (Å²) in [4.78, 5) is 25.0. The van der Waals surface area contributed by atoms with Crippen molar-refractivity contribution in [3.05, 3.63) is 27.3 Å². The van der Waals surface area contributed by atoms with Crippen LogP contribution in [0.4, 0.5) is 0 Å². The van der Waals surface area contributed by atoms with E-state index in [-0.39, 0.29) is 18.3 Å². The maximum atomic E-state index is 12.3. The van der Waals surface area contributed by atoms with Crippen LogP contribution in [0.15, 0.2) is 18.2 Å². The van der Waals surface area contributed by atoms with Crippen LogP contribution in [0.2, 0.25) is 0 Å². The molecular formula is C12H13IN2O4. The molecule has 1 unspecified atom stereocenters. The van der Waals surface area contributed by atoms with Crippen LogP contribution < -0.4 is 5.73 Å². The molecule has 102 valence electrons. The Balaban J connectivity index is 2.26. The molecule has 1 fully saturated rings. The molecule has 1 saturated heterocycles. The van der Waals surface area contributed by atoms with Gasteiger partial charge in [-0.1, -0.05) is 0 Å². The first-order chi connectivity index (χ1) is 9.00. The average Bonchev–Trinajstić information content (AvgIpc) is 2.41. The van der Waals surface area contributed by atoms with Crippen molar-refractivity contribution in [1.29, 1.82) is 0 Å². The van der Waals surface area contributed by atoms with Gasteiger partial charge in [-0.2, -0.15) is 0 Å². The zero-order valence-corrected chi connectivity index (χ0v) is 12.2. The molecule has 19 heavy (non-hydrogen) atoms. The molecule has 0 saturated carbocycles. The number of aromatic hydroxyl groups is 1. The molecule has 1 aromatic rings. The molecule has 0 radical (unpaired) electrons. The van der Waals surface area contributed by atoms with Crippen LogP contribution in [0.5, 0.6) is 5.75 Å². The molecule has 3 N–H and O–H groups in total. The molecule has 1 aromatic carbocycles. The number of benzene rings is 1. The van der Waals surface area contributed by atoms with Gasteiger partial charge in [-0.05, 0) is 40.8 Å². The van der Waals surface area contributed by atoms with Crippen molar-refractivity contribution < 1.29 is 19.4 Å². The van der Waals surface area contributed by atoms with E-state index in [4.69, 9.17) is 10.5 Å². The van der Waals surface area contributed by atoms with Gasteiger partial charge in [0.1, 0.15) is 11.8 Å². The Labute approximate surface area is 123 Å². The fourth-order valence-electron chi connectivity index (χ4n) is 1.89. The fourth-order valence-corrected chi connectivity index (χ4v) is 2.23. The van der Waals surface area contributed by atoms with Crippen molar-refractivity contribution in [1.82, 2.24) is 4.90 Å². The third kappa shape index (κ3) is 2.98. The Morgan fingerprint density at radius 2 is 2.21 bits per heavy atom. The van der Waals surface area contributed by atoms with Crippen LogP contribution in [0.3, 0.4) is 0 Å². The molecule has 1 aliphatic rings. The lowest BCUT2D eigenvalue weighted by Gasteiger charge is -2.33. The fraction of sp³-hybridized carbons (Fsp3) is 0.333. The Bertz CT molecular complexity index is 520. The molecule has 0 aliphatic carbocycles. The van der Waals surface area contributed by atoms with E-state index in [2.05, 4.69) is 0 Å². The van der Waals surface area contributed by atoms with E-state index >= 15 is 0 Å². The number of primary amides is 1. The minimum absolute atomic E-state index is 0.0373. The number of hydrogen-bond acceptors (Lipinski definition) is 4. The largest absolute Gasteiger partial charge is 0.507 e. The number of ether oxygens (including phenoxy) is 1. The molecule has 2 rings (SSSR count). The maximum absolute atomic E-state index is 12.3. The monoisotopic (exact) mass is 376 g/mol. The first-order valence-corrected chi connectivity index (χ1v) is 6.75. The normalized spacial score (nSPS) is 19.2. The second-order valence-corrected chi connectivity index (χ2v) is 5.32. The third-order valence-corrected chi connectivity index (χ3v) is 3.82. The minimum Gasteiger partial charge on any atom is -0.507 e. The predicted molar refractivity (Wildman–Crippen MR) is 75.7 cm³/mol. The highest BCUT2D eigenvalue weighted by Gasteiger charge is 2.32. The lowest BCUT2D eigenvalue weighted by Crippen LogP contribution is -2.54. The van der Waals surface area contributed by atoms with Crippen LogP contribution in [0, 0.1) is 3.57 Å². The highest BCUT2D eigenvalue weighted by molar-refractivity contribution is 14.1. The summed E-state index contributed by atoms with van der Waals surface area (Å²) in [7, 11) is 0. The Kier molecular flexibility index (Phi) is 4.25. The summed E-state index contributed by atoms with van der Waals surface area (Å²) in [5.41, 5.74) is 5.59. The second-order valence-electron chi connectivity index (χ2n) is 4.16. The molecule has 0 bridgehead atoms. The van der Waals surface area contributed by atoms with Gasteiger partial charge in [0.25, 0.3) is 5.91 Å². The SMILES string of the molecule is NC(=O)C1COCCN1C(=O)c1ccc(I)c(O)c1. The molecule has 1 atom stereocenters. The average molecular weight is 376 g/mol. The van der Waals surface area contributed by atoms with E-state index in [1.54, 1.807) is 12.1 Å². The maximum Gasteiger partial charge on any atom is 0.254 e. The summed E-state index contributed by atoms with van der Waals surface area (Å²) in [5, 5.41) is 9.63. The van der Waals surface area contributed by atoms with E-state index < -0.39 is 11.9 Å². The molecule has 0 aromatic heterocycles. The number of rotatable bonds is 2. The van der Waals surface area contributed by atoms with Gasteiger partial charge in [-0.15, -0.1) is 0 Å². The van der Waals surface area contributed by atoms with Crippen molar-refractivity contribution in [3.8, 4) is 5.75 Å². The molecule has 2 amide bonds. The van der Waals surface area contributed by atoms with E-state index in [1.807, 2.05) is 22.6 Å². The predicted octanol–water partition coefficient (Wildman–Crippen LogP) is 0.323. The van der Waals surface area contributed by atoms with Gasteiger partial charge in [0.05, 0.1) is 16.8 Å². The highest BCUT2D eigenvalue weighted by Crippen LogP contribution is 2.22. The zero-order chi connectivity index (χ0) is 14.0. The number of nitrogens with zero attached hydrogens (tertiary/aromatic N) is 1. The topological polar surface area (TPSA) is 92.9 Å². The standard InChI is InChI=1S/C12H13IN2O4/c13-8-2-1-7(5-10(8)16)12(18)15-3-4-19-6-9(15)11(14)17/h1-2,5,9,16H,3-4,6H2,(H2,14,17). The van der Waals surface area contributed by atoms with Gasteiger partial charge >= 0.3 is 0 Å². The summed E-state index contributed by atoms with van der Waals surface area (Å²) in [6.07, 6.45) is 0. The van der Waals surface area contributed by atoms with E-state index in [9.17, 15) is 14.7 Å². The van der Waals surface area contributed by atoms with Crippen LogP contribution in [0.1, 0.15) is 10.4 Å². The number of carbonyl (C=O) groups excluding carboxylic acids is 2. The summed E-state index contributed by atoms with van der Waals surface area (Å²) < 4.78 is 5.81. The summed E-state index contributed by atoms with van der Waals surface area (Å²) in [6.45, 7) is 0.780. The number of hydrogen-bond donors (Lipinski definition) is 2. The van der Waals surface area contributed by atoms with Crippen LogP contribution in [-0.2, 0) is 9.53 Å². The van der Waals surface area contributed by atoms with Gasteiger partial charge in [0.15, 0.2) is 0 Å². The van der Waals surface area contributed by atoms with Crippen molar-refractivity contribution in [3.63, 3.8) is 0 Å². The van der Waals surface area contributed by atoms with E-state index in [0.29, 0.717) is 22.3 Å². The first kappa shape index (κ1) is 14.1. The Morgan fingerprint density at radius 1 is 1.47 bits per heavy atom. The molecule has 0 spiro atoms. The number of amides is 2. The number of halogens is 1. The molecule has 1 heterocycles. The number of phenols is 1. The first-order valence-electron chi connectivity index (χ1n) is 5.67. The van der Waals surface area contributed by atoms with Crippen LogP contribution >= 0.6 is 22.6 Å². The Morgan fingerprint density at radius 3 is 2.84 bits per heavy atom. The summed E-state index contributed by atoms with van der Waals surface area (Å²) >= 11 is 1.96. The highest BCUT2D eigenvalue weighted by atomic mass is 127. The molecule has 6 nitrogen and oxygen atoms in total. The zero-order valence-electron chi connectivity index (χ0n) is 10.0. The van der Waals surface area contributed by atoms with Gasteiger partial charge in [0, 0.05) is 12.1 Å². The van der Waals surface area contributed by atoms with Crippen molar-refractivity contribution in [2.45, 2.75) is 6.04 Å². The van der Waals surface area contributed by atoms with Crippen LogP contribution in [0.25, 0.3) is 0 Å². The number of phenolic OH excluding ortho intramolecular Hbond substituents is 1. The van der Waals surface area contributed by atoms with Crippen LogP contribution in [-0.4, -0.2) is 47.6 Å².